The lowest BCUT2D eigenvalue weighted by molar-refractivity contribution is 0.762. The van der Waals surface area contributed by atoms with Crippen molar-refractivity contribution in [2.45, 2.75) is 18.9 Å². The van der Waals surface area contributed by atoms with Gasteiger partial charge in [-0.2, -0.15) is 0 Å². The largest absolute Gasteiger partial charge is 0.378 e. The van der Waals surface area contributed by atoms with Crippen LogP contribution in [0, 0.1) is 12.3 Å². The molecule has 3 rings (SSSR count). The average molecular weight is 312 g/mol. The molecular formula is C17H14BrN. The zero-order chi connectivity index (χ0) is 13.2. The SMILES string of the molecule is C#Cc1cccc(NC2CCc3c(Br)cccc32)c1. The highest BCUT2D eigenvalue weighted by Crippen LogP contribution is 2.37. The first-order valence-electron chi connectivity index (χ1n) is 6.38. The Morgan fingerprint density at radius 3 is 2.89 bits per heavy atom. The highest BCUT2D eigenvalue weighted by Gasteiger charge is 2.23. The Morgan fingerprint density at radius 2 is 2.05 bits per heavy atom. The fourth-order valence-corrected chi connectivity index (χ4v) is 3.24. The van der Waals surface area contributed by atoms with Crippen LogP contribution in [0.15, 0.2) is 46.9 Å². The Bertz CT molecular complexity index is 655. The van der Waals surface area contributed by atoms with E-state index in [0.717, 1.165) is 24.1 Å². The molecule has 0 amide bonds. The molecule has 0 bridgehead atoms. The van der Waals surface area contributed by atoms with Crippen LogP contribution in [0.5, 0.6) is 0 Å². The molecule has 1 unspecified atom stereocenters. The minimum atomic E-state index is 0.375. The topological polar surface area (TPSA) is 12.0 Å². The Hall–Kier alpha value is -1.72. The predicted octanol–water partition coefficient (Wildman–Crippen LogP) is 4.53. The van der Waals surface area contributed by atoms with Gasteiger partial charge in [0.05, 0.1) is 6.04 Å². The van der Waals surface area contributed by atoms with Crippen molar-refractivity contribution in [1.82, 2.24) is 0 Å². The zero-order valence-electron chi connectivity index (χ0n) is 10.5. The normalized spacial score (nSPS) is 16.7. The van der Waals surface area contributed by atoms with Crippen LogP contribution in [0.25, 0.3) is 0 Å². The van der Waals surface area contributed by atoms with Gasteiger partial charge in [-0.05, 0) is 48.2 Å². The van der Waals surface area contributed by atoms with E-state index in [4.69, 9.17) is 6.42 Å². The van der Waals surface area contributed by atoms with Crippen molar-refractivity contribution in [1.29, 1.82) is 0 Å². The first-order chi connectivity index (χ1) is 9.28. The number of rotatable bonds is 2. The van der Waals surface area contributed by atoms with Gasteiger partial charge in [-0.1, -0.05) is 40.0 Å². The fourth-order valence-electron chi connectivity index (χ4n) is 2.66. The molecule has 19 heavy (non-hydrogen) atoms. The third-order valence-electron chi connectivity index (χ3n) is 3.58. The summed E-state index contributed by atoms with van der Waals surface area (Å²) < 4.78 is 1.21. The van der Waals surface area contributed by atoms with Crippen molar-refractivity contribution in [3.63, 3.8) is 0 Å². The third-order valence-corrected chi connectivity index (χ3v) is 4.33. The minimum Gasteiger partial charge on any atom is -0.378 e. The molecule has 1 N–H and O–H groups in total. The van der Waals surface area contributed by atoms with E-state index in [0.29, 0.717) is 6.04 Å². The number of benzene rings is 2. The van der Waals surface area contributed by atoms with Gasteiger partial charge in [-0.15, -0.1) is 6.42 Å². The molecule has 0 aliphatic heterocycles. The van der Waals surface area contributed by atoms with E-state index in [1.54, 1.807) is 0 Å². The maximum absolute atomic E-state index is 5.44. The van der Waals surface area contributed by atoms with Crippen molar-refractivity contribution < 1.29 is 0 Å². The predicted molar refractivity (Wildman–Crippen MR) is 83.2 cm³/mol. The molecule has 1 aliphatic carbocycles. The number of terminal acetylenes is 1. The number of nitrogens with one attached hydrogen (secondary N) is 1. The lowest BCUT2D eigenvalue weighted by Gasteiger charge is -2.16. The monoisotopic (exact) mass is 311 g/mol. The van der Waals surface area contributed by atoms with Crippen molar-refractivity contribution >= 4 is 21.6 Å². The molecule has 0 saturated heterocycles. The summed E-state index contributed by atoms with van der Waals surface area (Å²) in [4.78, 5) is 0. The molecule has 2 aromatic carbocycles. The van der Waals surface area contributed by atoms with Gasteiger partial charge in [-0.25, -0.2) is 0 Å². The molecule has 0 aromatic heterocycles. The van der Waals surface area contributed by atoms with Crippen molar-refractivity contribution in [3.05, 3.63) is 63.6 Å². The average Bonchev–Trinajstić information content (AvgIpc) is 2.84. The first-order valence-corrected chi connectivity index (χ1v) is 7.18. The van der Waals surface area contributed by atoms with Gasteiger partial charge < -0.3 is 5.32 Å². The molecule has 0 spiro atoms. The second kappa shape index (κ2) is 5.11. The van der Waals surface area contributed by atoms with Crippen LogP contribution >= 0.6 is 15.9 Å². The standard InChI is InChI=1S/C17H14BrN/c1-2-12-5-3-6-13(11-12)19-17-10-9-14-15(17)7-4-8-16(14)18/h1,3-8,11,17,19H,9-10H2. The highest BCUT2D eigenvalue weighted by atomic mass is 79.9. The number of hydrogen-bond acceptors (Lipinski definition) is 1. The van der Waals surface area contributed by atoms with Crippen molar-refractivity contribution in [2.75, 3.05) is 5.32 Å². The quantitative estimate of drug-likeness (QED) is 0.803. The summed E-state index contributed by atoms with van der Waals surface area (Å²) >= 11 is 3.63. The maximum Gasteiger partial charge on any atom is 0.0520 e. The summed E-state index contributed by atoms with van der Waals surface area (Å²) in [5, 5.41) is 3.58. The van der Waals surface area contributed by atoms with Crippen LogP contribution in [-0.2, 0) is 6.42 Å². The van der Waals surface area contributed by atoms with Crippen LogP contribution in [-0.4, -0.2) is 0 Å². The molecule has 0 fully saturated rings. The van der Waals surface area contributed by atoms with Crippen molar-refractivity contribution in [2.24, 2.45) is 0 Å². The minimum absolute atomic E-state index is 0.375. The molecular weight excluding hydrogens is 298 g/mol. The van der Waals surface area contributed by atoms with E-state index in [-0.39, 0.29) is 0 Å². The summed E-state index contributed by atoms with van der Waals surface area (Å²) in [6.45, 7) is 0. The molecule has 1 atom stereocenters. The molecule has 0 saturated carbocycles. The number of anilines is 1. The van der Waals surface area contributed by atoms with Crippen LogP contribution in [0.3, 0.4) is 0 Å². The Morgan fingerprint density at radius 1 is 1.21 bits per heavy atom. The van der Waals surface area contributed by atoms with Gasteiger partial charge in [0.15, 0.2) is 0 Å². The van der Waals surface area contributed by atoms with Crippen molar-refractivity contribution in [3.8, 4) is 12.3 Å². The molecule has 1 aliphatic rings. The van der Waals surface area contributed by atoms with Gasteiger partial charge in [0, 0.05) is 15.7 Å². The molecule has 2 aromatic rings. The summed E-state index contributed by atoms with van der Waals surface area (Å²) in [6, 6.07) is 14.8. The van der Waals surface area contributed by atoms with E-state index in [1.165, 1.54) is 15.6 Å². The number of fused-ring (bicyclic) bond motifs is 1. The van der Waals surface area contributed by atoms with Crippen LogP contribution in [0.2, 0.25) is 0 Å². The summed E-state index contributed by atoms with van der Waals surface area (Å²) in [7, 11) is 0. The Balaban J connectivity index is 1.87. The first kappa shape index (κ1) is 12.3. The lowest BCUT2D eigenvalue weighted by atomic mass is 10.1. The molecule has 94 valence electrons. The highest BCUT2D eigenvalue weighted by molar-refractivity contribution is 9.10. The summed E-state index contributed by atoms with van der Waals surface area (Å²) in [5.41, 5.74) is 4.82. The van der Waals surface area contributed by atoms with E-state index < -0.39 is 0 Å². The van der Waals surface area contributed by atoms with Crippen LogP contribution in [0.1, 0.15) is 29.2 Å². The number of hydrogen-bond donors (Lipinski definition) is 1. The Kier molecular flexibility index (Phi) is 3.31. The van der Waals surface area contributed by atoms with Gasteiger partial charge in [0.25, 0.3) is 0 Å². The molecule has 2 heteroatoms. The molecule has 0 heterocycles. The number of halogens is 1. The summed E-state index contributed by atoms with van der Waals surface area (Å²) in [5.74, 6) is 2.67. The van der Waals surface area contributed by atoms with Gasteiger partial charge in [-0.3, -0.25) is 0 Å². The van der Waals surface area contributed by atoms with Crippen LogP contribution < -0.4 is 5.32 Å². The maximum atomic E-state index is 5.44. The van der Waals surface area contributed by atoms with E-state index in [1.807, 2.05) is 18.2 Å². The smallest absolute Gasteiger partial charge is 0.0520 e. The summed E-state index contributed by atoms with van der Waals surface area (Å²) in [6.07, 6.45) is 7.68. The second-order valence-electron chi connectivity index (χ2n) is 4.77. The van der Waals surface area contributed by atoms with Gasteiger partial charge >= 0.3 is 0 Å². The Labute approximate surface area is 122 Å². The van der Waals surface area contributed by atoms with Crippen LogP contribution in [0.4, 0.5) is 5.69 Å². The van der Waals surface area contributed by atoms with E-state index >= 15 is 0 Å². The lowest BCUT2D eigenvalue weighted by Crippen LogP contribution is -2.07. The van der Waals surface area contributed by atoms with Gasteiger partial charge in [0.2, 0.25) is 0 Å². The molecule has 1 nitrogen and oxygen atoms in total. The molecule has 0 radical (unpaired) electrons. The third kappa shape index (κ3) is 2.39. The second-order valence-corrected chi connectivity index (χ2v) is 5.62. The van der Waals surface area contributed by atoms with E-state index in [9.17, 15) is 0 Å². The zero-order valence-corrected chi connectivity index (χ0v) is 12.1. The fraction of sp³-hybridized carbons (Fsp3) is 0.176. The van der Waals surface area contributed by atoms with E-state index in [2.05, 4.69) is 51.4 Å². The van der Waals surface area contributed by atoms with Gasteiger partial charge in [0.1, 0.15) is 0 Å².